The molecule has 11 heteroatoms. The maximum absolute atomic E-state index is 12.0. The van der Waals surface area contributed by atoms with E-state index in [1.165, 1.54) is 11.3 Å². The number of anilines is 1. The molecule has 1 amide bonds. The number of amides is 1. The Bertz CT molecular complexity index is 1040. The van der Waals surface area contributed by atoms with Gasteiger partial charge in [0.15, 0.2) is 5.96 Å². The van der Waals surface area contributed by atoms with Crippen LogP contribution in [0.1, 0.15) is 35.5 Å². The Morgan fingerprint density at radius 2 is 1.79 bits per heavy atom. The van der Waals surface area contributed by atoms with Gasteiger partial charge >= 0.3 is 5.97 Å². The molecule has 0 aliphatic heterocycles. The van der Waals surface area contributed by atoms with Crippen LogP contribution in [0.5, 0.6) is 0 Å². The van der Waals surface area contributed by atoms with E-state index in [1.54, 1.807) is 24.5 Å². The second-order valence-corrected chi connectivity index (χ2v) is 7.20. The summed E-state index contributed by atoms with van der Waals surface area (Å²) in [6, 6.07) is 13.0. The number of aromatic nitrogens is 2. The topological polar surface area (TPSA) is 183 Å². The molecule has 3 aromatic rings. The molecule has 0 unspecified atom stereocenters. The third kappa shape index (κ3) is 10.7. The predicted molar refractivity (Wildman–Crippen MR) is 132 cm³/mol. The molecule has 0 aliphatic carbocycles. The number of hydrogen-bond donors (Lipinski definition) is 5. The van der Waals surface area contributed by atoms with Gasteiger partial charge in [-0.2, -0.15) is 0 Å². The second kappa shape index (κ2) is 14.9. The van der Waals surface area contributed by atoms with Crippen molar-refractivity contribution < 1.29 is 14.7 Å². The molecule has 1 aromatic carbocycles. The Morgan fingerprint density at radius 3 is 2.36 bits per heavy atom. The van der Waals surface area contributed by atoms with Gasteiger partial charge < -0.3 is 27.6 Å². The number of carbonyl (C=O) groups is 2. The standard InChI is InChI=1S/C16H18N4O3S.C4H5N3.C2H6/c17-16(18)20-9-10-2-1-3-11(8-10)12-4-5-13(24-12)15(23)19-7-6-14(21)22;5-4-6-2-1-3-7-4;1-2/h1-5,8H,6-7,9H2,(H,19,23)(H,21,22)(H4,17,18,20);1-3H,(H2,5,6,7);1-2H3. The van der Waals surface area contributed by atoms with E-state index < -0.39 is 5.97 Å². The van der Waals surface area contributed by atoms with Crippen molar-refractivity contribution in [2.24, 2.45) is 16.5 Å². The van der Waals surface area contributed by atoms with Crippen LogP contribution >= 0.6 is 11.3 Å². The summed E-state index contributed by atoms with van der Waals surface area (Å²) in [6.45, 7) is 4.50. The van der Waals surface area contributed by atoms with Crippen molar-refractivity contribution in [2.45, 2.75) is 26.8 Å². The number of nitrogens with one attached hydrogen (secondary N) is 1. The lowest BCUT2D eigenvalue weighted by atomic mass is 10.1. The quantitative estimate of drug-likeness (QED) is 0.257. The first kappa shape index (κ1) is 27.0. The lowest BCUT2D eigenvalue weighted by molar-refractivity contribution is -0.136. The highest BCUT2D eigenvalue weighted by atomic mass is 32.1. The van der Waals surface area contributed by atoms with Crippen LogP contribution in [0, 0.1) is 0 Å². The number of nitrogens with zero attached hydrogens (tertiary/aromatic N) is 3. The summed E-state index contributed by atoms with van der Waals surface area (Å²) in [4.78, 5) is 35.2. The number of guanidine groups is 1. The lowest BCUT2D eigenvalue weighted by Crippen LogP contribution is -2.25. The largest absolute Gasteiger partial charge is 0.481 e. The number of carboxylic acid groups (broad SMARTS) is 1. The van der Waals surface area contributed by atoms with Crippen molar-refractivity contribution in [3.05, 3.63) is 65.3 Å². The summed E-state index contributed by atoms with van der Waals surface area (Å²) < 4.78 is 0. The Kier molecular flexibility index (Phi) is 12.2. The van der Waals surface area contributed by atoms with Crippen LogP contribution in [0.3, 0.4) is 0 Å². The van der Waals surface area contributed by atoms with Crippen molar-refractivity contribution in [1.82, 2.24) is 15.3 Å². The Hall–Kier alpha value is -3.99. The third-order valence-corrected chi connectivity index (χ3v) is 4.83. The third-order valence-electron chi connectivity index (χ3n) is 3.70. The average molecular weight is 472 g/mol. The number of aliphatic imine (C=N–C) groups is 1. The van der Waals surface area contributed by atoms with E-state index in [1.807, 2.05) is 44.2 Å². The molecule has 0 radical (unpaired) electrons. The minimum absolute atomic E-state index is 0.0387. The van der Waals surface area contributed by atoms with E-state index in [0.717, 1.165) is 16.0 Å². The number of nitrogens with two attached hydrogens (primary N) is 3. The molecular weight excluding hydrogens is 442 g/mol. The Labute approximate surface area is 196 Å². The average Bonchev–Trinajstić information content (AvgIpc) is 3.30. The van der Waals surface area contributed by atoms with Gasteiger partial charge in [-0.25, -0.2) is 15.0 Å². The van der Waals surface area contributed by atoms with Gasteiger partial charge in [0.1, 0.15) is 0 Å². The molecule has 2 aromatic heterocycles. The fraction of sp³-hybridized carbons (Fsp3) is 0.227. The molecule has 0 saturated carbocycles. The van der Waals surface area contributed by atoms with Crippen LogP contribution in [-0.2, 0) is 11.3 Å². The monoisotopic (exact) mass is 471 g/mol. The van der Waals surface area contributed by atoms with Gasteiger partial charge in [-0.05, 0) is 35.4 Å². The van der Waals surface area contributed by atoms with E-state index in [4.69, 9.17) is 22.3 Å². The normalized spacial score (nSPS) is 9.39. The van der Waals surface area contributed by atoms with Gasteiger partial charge in [-0.1, -0.05) is 32.0 Å². The zero-order chi connectivity index (χ0) is 24.6. The summed E-state index contributed by atoms with van der Waals surface area (Å²) in [5.41, 5.74) is 17.7. The molecule has 3 rings (SSSR count). The summed E-state index contributed by atoms with van der Waals surface area (Å²) in [5, 5.41) is 11.2. The number of carbonyl (C=O) groups excluding carboxylic acids is 1. The van der Waals surface area contributed by atoms with Crippen molar-refractivity contribution in [3.8, 4) is 10.4 Å². The number of hydrogen-bond acceptors (Lipinski definition) is 7. The van der Waals surface area contributed by atoms with Crippen LogP contribution in [0.25, 0.3) is 10.4 Å². The van der Waals surface area contributed by atoms with Gasteiger partial charge in [-0.15, -0.1) is 11.3 Å². The summed E-state index contributed by atoms with van der Waals surface area (Å²) in [5.74, 6) is -0.858. The molecule has 33 heavy (non-hydrogen) atoms. The fourth-order valence-electron chi connectivity index (χ4n) is 2.30. The Balaban J connectivity index is 0.000000508. The molecule has 0 atom stereocenters. The number of carboxylic acids is 1. The number of thiophene rings is 1. The van der Waals surface area contributed by atoms with Crippen LogP contribution in [0.15, 0.2) is 59.9 Å². The minimum atomic E-state index is -0.945. The van der Waals surface area contributed by atoms with Crippen LogP contribution in [-0.4, -0.2) is 39.5 Å². The van der Waals surface area contributed by atoms with E-state index in [2.05, 4.69) is 20.3 Å². The first-order valence-corrected chi connectivity index (χ1v) is 10.9. The number of aliphatic carboxylic acids is 1. The van der Waals surface area contributed by atoms with Crippen LogP contribution < -0.4 is 22.5 Å². The SMILES string of the molecule is CC.NC(N)=NCc1cccc(-c2ccc(C(=O)NCCC(=O)O)s2)c1.Nc1ncccn1. The minimum Gasteiger partial charge on any atom is -0.481 e. The smallest absolute Gasteiger partial charge is 0.305 e. The van der Waals surface area contributed by atoms with E-state index in [0.29, 0.717) is 17.4 Å². The molecule has 0 bridgehead atoms. The predicted octanol–water partition coefficient (Wildman–Crippen LogP) is 2.48. The molecule has 8 N–H and O–H groups in total. The lowest BCUT2D eigenvalue weighted by Gasteiger charge is -2.02. The van der Waals surface area contributed by atoms with Crippen LogP contribution in [0.4, 0.5) is 5.95 Å². The summed E-state index contributed by atoms with van der Waals surface area (Å²) >= 11 is 1.34. The number of nitrogen functional groups attached to an aromatic ring is 1. The number of rotatable bonds is 7. The number of benzene rings is 1. The highest BCUT2D eigenvalue weighted by Gasteiger charge is 2.11. The molecule has 2 heterocycles. The zero-order valence-corrected chi connectivity index (χ0v) is 19.4. The van der Waals surface area contributed by atoms with E-state index in [9.17, 15) is 9.59 Å². The molecule has 0 fully saturated rings. The first-order valence-electron chi connectivity index (χ1n) is 10.1. The van der Waals surface area contributed by atoms with Gasteiger partial charge in [0.05, 0.1) is 17.8 Å². The molecule has 176 valence electrons. The summed E-state index contributed by atoms with van der Waals surface area (Å²) in [7, 11) is 0. The van der Waals surface area contributed by atoms with Crippen molar-refractivity contribution in [3.63, 3.8) is 0 Å². The molecule has 10 nitrogen and oxygen atoms in total. The first-order chi connectivity index (χ1) is 15.8. The fourth-order valence-corrected chi connectivity index (χ4v) is 3.22. The van der Waals surface area contributed by atoms with Crippen molar-refractivity contribution in [2.75, 3.05) is 12.3 Å². The molecule has 0 spiro atoms. The molecule has 0 aliphatic rings. The van der Waals surface area contributed by atoms with Gasteiger partial charge in [0, 0.05) is 23.8 Å². The Morgan fingerprint density at radius 1 is 1.09 bits per heavy atom. The van der Waals surface area contributed by atoms with Gasteiger partial charge in [0.25, 0.3) is 5.91 Å². The molecular formula is C22H29N7O3S. The maximum Gasteiger partial charge on any atom is 0.305 e. The van der Waals surface area contributed by atoms with Gasteiger partial charge in [0.2, 0.25) is 5.95 Å². The van der Waals surface area contributed by atoms with E-state index in [-0.39, 0.29) is 24.8 Å². The van der Waals surface area contributed by atoms with Crippen molar-refractivity contribution >= 4 is 35.1 Å². The second-order valence-electron chi connectivity index (χ2n) is 6.11. The molecule has 0 saturated heterocycles. The summed E-state index contributed by atoms with van der Waals surface area (Å²) in [6.07, 6.45) is 3.10. The highest BCUT2D eigenvalue weighted by molar-refractivity contribution is 7.17. The maximum atomic E-state index is 12.0. The van der Waals surface area contributed by atoms with Gasteiger partial charge in [-0.3, -0.25) is 9.59 Å². The van der Waals surface area contributed by atoms with Crippen molar-refractivity contribution in [1.29, 1.82) is 0 Å². The zero-order valence-electron chi connectivity index (χ0n) is 18.6. The van der Waals surface area contributed by atoms with Crippen LogP contribution in [0.2, 0.25) is 0 Å². The highest BCUT2D eigenvalue weighted by Crippen LogP contribution is 2.28. The van der Waals surface area contributed by atoms with E-state index >= 15 is 0 Å².